The molecule has 196 valence electrons. The van der Waals surface area contributed by atoms with E-state index in [9.17, 15) is 4.79 Å². The molecule has 7 nitrogen and oxygen atoms in total. The van der Waals surface area contributed by atoms with Crippen LogP contribution in [0.25, 0.3) is 10.9 Å². The lowest BCUT2D eigenvalue weighted by molar-refractivity contribution is 0.0984. The molecule has 2 aromatic heterocycles. The van der Waals surface area contributed by atoms with Gasteiger partial charge in [-0.05, 0) is 60.8 Å². The molecule has 0 aliphatic rings. The van der Waals surface area contributed by atoms with Crippen molar-refractivity contribution in [3.63, 3.8) is 0 Å². The Bertz CT molecular complexity index is 1340. The second-order valence-electron chi connectivity index (χ2n) is 11.0. The number of nitrogens with zero attached hydrogens (tertiary/aromatic N) is 3. The first kappa shape index (κ1) is 26.7. The zero-order valence-corrected chi connectivity index (χ0v) is 23.5. The number of rotatable bonds is 11. The average molecular weight is 519 g/mol. The number of nitrogens with two attached hydrogens (primary N) is 1. The van der Waals surface area contributed by atoms with Crippen LogP contribution in [-0.4, -0.2) is 28.3 Å². The molecule has 0 saturated heterocycles. The minimum Gasteiger partial charge on any atom is -0.489 e. The van der Waals surface area contributed by atoms with Crippen LogP contribution < -0.4 is 10.5 Å². The number of carbonyl (C=O) groups excluding carboxylic acids is 1. The van der Waals surface area contributed by atoms with E-state index in [-0.39, 0.29) is 17.0 Å². The quantitative estimate of drug-likeness (QED) is 0.229. The van der Waals surface area contributed by atoms with Gasteiger partial charge in [0.2, 0.25) is 0 Å². The Morgan fingerprint density at radius 3 is 2.54 bits per heavy atom. The summed E-state index contributed by atoms with van der Waals surface area (Å²) in [6, 6.07) is 18.5. The first-order chi connectivity index (χ1) is 17.5. The molecule has 1 atom stereocenters. The van der Waals surface area contributed by atoms with Gasteiger partial charge in [-0.25, -0.2) is 4.98 Å². The summed E-state index contributed by atoms with van der Waals surface area (Å²) < 4.78 is 16.9. The number of hydrogen-bond acceptors (Lipinski definition) is 4. The van der Waals surface area contributed by atoms with E-state index >= 15 is 0 Å². The zero-order chi connectivity index (χ0) is 26.6. The highest BCUT2D eigenvalue weighted by atomic mass is 28.4. The van der Waals surface area contributed by atoms with Gasteiger partial charge in [-0.15, -0.1) is 0 Å². The molecule has 0 unspecified atom stereocenters. The summed E-state index contributed by atoms with van der Waals surface area (Å²) in [6.07, 6.45) is 6.96. The molecule has 0 aliphatic heterocycles. The molecular formula is C29H38N4O3Si. The predicted octanol–water partition coefficient (Wildman–Crippen LogP) is 6.52. The Morgan fingerprint density at radius 1 is 1.11 bits per heavy atom. The lowest BCUT2D eigenvalue weighted by Gasteiger charge is -2.39. The first-order valence-corrected chi connectivity index (χ1v) is 15.7. The van der Waals surface area contributed by atoms with Crippen LogP contribution in [0, 0.1) is 0 Å². The largest absolute Gasteiger partial charge is 0.489 e. The van der Waals surface area contributed by atoms with Gasteiger partial charge in [-0.2, -0.15) is 0 Å². The highest BCUT2D eigenvalue weighted by Crippen LogP contribution is 2.39. The highest BCUT2D eigenvalue weighted by Gasteiger charge is 2.39. The molecule has 0 radical (unpaired) electrons. The maximum Gasteiger partial charge on any atom is 0.268 e. The van der Waals surface area contributed by atoms with E-state index in [4.69, 9.17) is 14.9 Å². The van der Waals surface area contributed by atoms with Crippen LogP contribution >= 0.6 is 0 Å². The molecule has 0 aliphatic carbocycles. The third-order valence-electron chi connectivity index (χ3n) is 7.26. The SMILES string of the molecule is CC(C)(C)[Si](C)(C)O[C@H](CCCn1ccc2cc(OCc3ccccc3)ccc21)n1cnc(C(N)=O)c1. The molecule has 37 heavy (non-hydrogen) atoms. The van der Waals surface area contributed by atoms with Gasteiger partial charge in [0.15, 0.2) is 8.32 Å². The molecule has 0 bridgehead atoms. The number of ether oxygens (including phenoxy) is 1. The standard InChI is InChI=1S/C29H38N4O3Si/c1-29(2,3)37(4,5)36-27(33-19-25(28(30)34)31-21-33)12-9-16-32-17-15-23-18-24(13-14-26(23)32)35-20-22-10-7-6-8-11-22/h6-8,10-11,13-15,17-19,21,27H,9,12,16,20H2,1-5H3,(H2,30,34)/t27-/m1/s1. The molecule has 2 heterocycles. The Balaban J connectivity index is 1.43. The van der Waals surface area contributed by atoms with Gasteiger partial charge in [-0.1, -0.05) is 51.1 Å². The Morgan fingerprint density at radius 2 is 1.86 bits per heavy atom. The number of primary amides is 1. The van der Waals surface area contributed by atoms with Gasteiger partial charge >= 0.3 is 0 Å². The lowest BCUT2D eigenvalue weighted by Crippen LogP contribution is -2.42. The minimum atomic E-state index is -2.05. The Labute approximate surface area is 220 Å². The first-order valence-electron chi connectivity index (χ1n) is 12.8. The van der Waals surface area contributed by atoms with Crippen LogP contribution in [0.2, 0.25) is 18.1 Å². The van der Waals surface area contributed by atoms with Gasteiger partial charge in [0.05, 0.1) is 6.33 Å². The van der Waals surface area contributed by atoms with E-state index in [0.29, 0.717) is 6.61 Å². The van der Waals surface area contributed by atoms with Gasteiger partial charge in [-0.3, -0.25) is 4.79 Å². The summed E-state index contributed by atoms with van der Waals surface area (Å²) in [5.74, 6) is 0.332. The van der Waals surface area contributed by atoms with Crippen molar-refractivity contribution in [3.05, 3.63) is 84.6 Å². The summed E-state index contributed by atoms with van der Waals surface area (Å²) in [7, 11) is -2.05. The summed E-state index contributed by atoms with van der Waals surface area (Å²) in [6.45, 7) is 12.6. The molecule has 4 rings (SSSR count). The lowest BCUT2D eigenvalue weighted by atomic mass is 10.2. The summed E-state index contributed by atoms with van der Waals surface area (Å²) in [5, 5.41) is 1.22. The van der Waals surface area contributed by atoms with Crippen LogP contribution in [0.4, 0.5) is 0 Å². The molecule has 4 aromatic rings. The topological polar surface area (TPSA) is 84.3 Å². The van der Waals surface area contributed by atoms with E-state index in [0.717, 1.165) is 36.1 Å². The van der Waals surface area contributed by atoms with Gasteiger partial charge in [0.1, 0.15) is 24.3 Å². The average Bonchev–Trinajstić information content (AvgIpc) is 3.50. The van der Waals surface area contributed by atoms with Crippen molar-refractivity contribution in [2.45, 2.75) is 71.1 Å². The van der Waals surface area contributed by atoms with Crippen LogP contribution in [0.15, 0.2) is 73.3 Å². The van der Waals surface area contributed by atoms with Crippen LogP contribution in [0.5, 0.6) is 5.75 Å². The highest BCUT2D eigenvalue weighted by molar-refractivity contribution is 6.74. The maximum absolute atomic E-state index is 11.6. The molecule has 0 saturated carbocycles. The fourth-order valence-electron chi connectivity index (χ4n) is 4.05. The zero-order valence-electron chi connectivity index (χ0n) is 22.5. The van der Waals surface area contributed by atoms with Crippen LogP contribution in [0.1, 0.15) is 55.9 Å². The van der Waals surface area contributed by atoms with Crippen molar-refractivity contribution < 1.29 is 14.0 Å². The summed E-state index contributed by atoms with van der Waals surface area (Å²) in [4.78, 5) is 15.8. The van der Waals surface area contributed by atoms with Gasteiger partial charge < -0.3 is 24.0 Å². The van der Waals surface area contributed by atoms with E-state index < -0.39 is 14.2 Å². The fraction of sp³-hybridized carbons (Fsp3) is 0.379. The normalized spacial score (nSPS) is 13.1. The van der Waals surface area contributed by atoms with Crippen LogP contribution in [-0.2, 0) is 17.6 Å². The molecule has 2 N–H and O–H groups in total. The van der Waals surface area contributed by atoms with E-state index in [1.165, 1.54) is 5.52 Å². The molecule has 8 heteroatoms. The number of hydrogen-bond donors (Lipinski definition) is 1. The molecule has 0 fully saturated rings. The number of imidazole rings is 1. The smallest absolute Gasteiger partial charge is 0.268 e. The van der Waals surface area contributed by atoms with Crippen molar-refractivity contribution >= 4 is 25.1 Å². The number of aryl methyl sites for hydroxylation is 1. The van der Waals surface area contributed by atoms with Crippen molar-refractivity contribution in [1.82, 2.24) is 14.1 Å². The summed E-state index contributed by atoms with van der Waals surface area (Å²) in [5.41, 5.74) is 8.02. The van der Waals surface area contributed by atoms with E-state index in [1.54, 1.807) is 12.5 Å². The molecule has 1 amide bonds. The monoisotopic (exact) mass is 518 g/mol. The number of carbonyl (C=O) groups is 1. The van der Waals surface area contributed by atoms with Gasteiger partial charge in [0, 0.05) is 29.8 Å². The van der Waals surface area contributed by atoms with E-state index in [1.807, 2.05) is 28.8 Å². The van der Waals surface area contributed by atoms with E-state index in [2.05, 4.69) is 79.9 Å². The number of fused-ring (bicyclic) bond motifs is 1. The maximum atomic E-state index is 11.6. The van der Waals surface area contributed by atoms with Crippen molar-refractivity contribution in [2.24, 2.45) is 5.73 Å². The van der Waals surface area contributed by atoms with Gasteiger partial charge in [0.25, 0.3) is 5.91 Å². The van der Waals surface area contributed by atoms with Crippen molar-refractivity contribution in [1.29, 1.82) is 0 Å². The number of benzene rings is 2. The third-order valence-corrected chi connectivity index (χ3v) is 11.7. The Kier molecular flexibility index (Phi) is 7.89. The minimum absolute atomic E-state index is 0.0647. The predicted molar refractivity (Wildman–Crippen MR) is 150 cm³/mol. The molecule has 0 spiro atoms. The Hall–Kier alpha value is -3.36. The molecular weight excluding hydrogens is 480 g/mol. The second-order valence-corrected chi connectivity index (χ2v) is 15.8. The fourth-order valence-corrected chi connectivity index (χ4v) is 5.32. The molecule has 2 aromatic carbocycles. The summed E-state index contributed by atoms with van der Waals surface area (Å²) >= 11 is 0. The van der Waals surface area contributed by atoms with Crippen LogP contribution in [0.3, 0.4) is 0 Å². The number of aromatic nitrogens is 3. The van der Waals surface area contributed by atoms with Crippen molar-refractivity contribution in [3.8, 4) is 5.75 Å². The number of amides is 1. The second kappa shape index (κ2) is 10.9. The third kappa shape index (κ3) is 6.50. The van der Waals surface area contributed by atoms with Crippen molar-refractivity contribution in [2.75, 3.05) is 0 Å².